The van der Waals surface area contributed by atoms with Crippen LogP contribution in [0.4, 0.5) is 0 Å². The van der Waals surface area contributed by atoms with E-state index in [4.69, 9.17) is 32.3 Å². The van der Waals surface area contributed by atoms with Crippen LogP contribution in [0.1, 0.15) is 0 Å². The van der Waals surface area contributed by atoms with Gasteiger partial charge in [-0.15, -0.1) is 0 Å². The van der Waals surface area contributed by atoms with Gasteiger partial charge in [-0.3, -0.25) is 0 Å². The van der Waals surface area contributed by atoms with Gasteiger partial charge in [0.25, 0.3) is 0 Å². The lowest BCUT2D eigenvalue weighted by atomic mass is 9.90. The summed E-state index contributed by atoms with van der Waals surface area (Å²) in [6.07, 6.45) is -0.419. The van der Waals surface area contributed by atoms with Gasteiger partial charge in [-0.1, -0.05) is 0 Å². The second-order valence-electron chi connectivity index (χ2n) is 4.03. The SMILES string of the molecule is COCCOCOC1OPOCC12COPOC2. The molecule has 106 valence electrons. The van der Waals surface area contributed by atoms with Gasteiger partial charge >= 0.3 is 0 Å². The normalized spacial score (nSPS) is 35.5. The molecule has 0 aliphatic carbocycles. The summed E-state index contributed by atoms with van der Waals surface area (Å²) in [5.41, 5.74) is -0.388. The standard InChI is InChI=1S/C9H18O7P2/c1-10-2-3-11-7-12-8-9(6-15-18-16-8)4-13-17-14-5-9/h8,17-18H,2-7H2,1H3. The molecule has 2 aliphatic rings. The maximum absolute atomic E-state index is 5.59. The molecule has 1 spiro atoms. The summed E-state index contributed by atoms with van der Waals surface area (Å²) in [5.74, 6) is 0. The van der Waals surface area contributed by atoms with Crippen molar-refractivity contribution in [2.24, 2.45) is 5.41 Å². The Morgan fingerprint density at radius 2 is 1.83 bits per heavy atom. The van der Waals surface area contributed by atoms with Crippen molar-refractivity contribution in [3.05, 3.63) is 0 Å². The van der Waals surface area contributed by atoms with Crippen LogP contribution in [-0.2, 0) is 32.3 Å². The number of rotatable bonds is 6. The van der Waals surface area contributed by atoms with Crippen LogP contribution in [0.25, 0.3) is 0 Å². The van der Waals surface area contributed by atoms with Gasteiger partial charge in [-0.25, -0.2) is 0 Å². The molecule has 2 unspecified atom stereocenters. The zero-order chi connectivity index (χ0) is 12.7. The Labute approximate surface area is 110 Å². The molecule has 7 nitrogen and oxygen atoms in total. The highest BCUT2D eigenvalue weighted by Gasteiger charge is 2.47. The Morgan fingerprint density at radius 3 is 2.56 bits per heavy atom. The van der Waals surface area contributed by atoms with Crippen LogP contribution in [0, 0.1) is 5.41 Å². The highest BCUT2D eigenvalue weighted by atomic mass is 31.1. The molecule has 18 heavy (non-hydrogen) atoms. The molecule has 0 bridgehead atoms. The quantitative estimate of drug-likeness (QED) is 0.412. The minimum Gasteiger partial charge on any atom is -0.382 e. The monoisotopic (exact) mass is 300 g/mol. The van der Waals surface area contributed by atoms with Crippen LogP contribution in [0.3, 0.4) is 0 Å². The Bertz CT molecular complexity index is 229. The number of methoxy groups -OCH3 is 1. The van der Waals surface area contributed by atoms with Crippen molar-refractivity contribution in [3.63, 3.8) is 0 Å². The van der Waals surface area contributed by atoms with Gasteiger partial charge in [0.1, 0.15) is 6.79 Å². The van der Waals surface area contributed by atoms with Gasteiger partial charge in [-0.2, -0.15) is 0 Å². The average molecular weight is 300 g/mol. The molecule has 0 radical (unpaired) electrons. The molecular weight excluding hydrogens is 282 g/mol. The fourth-order valence-electron chi connectivity index (χ4n) is 1.61. The highest BCUT2D eigenvalue weighted by Crippen LogP contribution is 2.43. The van der Waals surface area contributed by atoms with Crippen molar-refractivity contribution in [1.82, 2.24) is 0 Å². The van der Waals surface area contributed by atoms with Crippen LogP contribution >= 0.6 is 18.1 Å². The third kappa shape index (κ3) is 4.04. The lowest BCUT2D eigenvalue weighted by Crippen LogP contribution is -2.51. The zero-order valence-corrected chi connectivity index (χ0v) is 12.2. The topological polar surface area (TPSA) is 64.6 Å². The second-order valence-corrected chi connectivity index (χ2v) is 5.47. The van der Waals surface area contributed by atoms with E-state index in [0.29, 0.717) is 33.0 Å². The summed E-state index contributed by atoms with van der Waals surface area (Å²) in [5, 5.41) is 0. The summed E-state index contributed by atoms with van der Waals surface area (Å²) in [7, 11) is 1.68. The fraction of sp³-hybridized carbons (Fsp3) is 1.00. The summed E-state index contributed by atoms with van der Waals surface area (Å²) in [6, 6.07) is 0. The van der Waals surface area contributed by atoms with Crippen LogP contribution in [0.15, 0.2) is 0 Å². The Balaban J connectivity index is 1.76. The lowest BCUT2D eigenvalue weighted by molar-refractivity contribution is -0.244. The number of ether oxygens (including phenoxy) is 3. The van der Waals surface area contributed by atoms with Crippen LogP contribution in [-0.4, -0.2) is 53.2 Å². The molecule has 0 amide bonds. The first-order valence-electron chi connectivity index (χ1n) is 5.57. The van der Waals surface area contributed by atoms with E-state index < -0.39 is 6.29 Å². The summed E-state index contributed by atoms with van der Waals surface area (Å²) in [6.45, 7) is 2.72. The molecular formula is C9H18O7P2. The van der Waals surface area contributed by atoms with E-state index in [1.54, 1.807) is 7.11 Å². The molecule has 2 heterocycles. The van der Waals surface area contributed by atoms with E-state index in [0.717, 1.165) is 0 Å². The molecule has 2 atom stereocenters. The molecule has 2 saturated heterocycles. The maximum atomic E-state index is 5.59. The Morgan fingerprint density at radius 1 is 1.11 bits per heavy atom. The molecule has 2 fully saturated rings. The highest BCUT2D eigenvalue weighted by molar-refractivity contribution is 7.26. The van der Waals surface area contributed by atoms with Crippen molar-refractivity contribution in [2.75, 3.05) is 46.9 Å². The average Bonchev–Trinajstić information content (AvgIpc) is 2.42. The summed E-state index contributed by atoms with van der Waals surface area (Å²) >= 11 is 0. The van der Waals surface area contributed by atoms with Crippen LogP contribution in [0.2, 0.25) is 0 Å². The molecule has 2 rings (SSSR count). The number of hydrogen-bond acceptors (Lipinski definition) is 7. The van der Waals surface area contributed by atoms with E-state index in [2.05, 4.69) is 0 Å². The third-order valence-corrected chi connectivity index (χ3v) is 3.74. The second kappa shape index (κ2) is 8.00. The van der Waals surface area contributed by atoms with Crippen molar-refractivity contribution in [3.8, 4) is 0 Å². The van der Waals surface area contributed by atoms with Gasteiger partial charge in [0.2, 0.25) is 0 Å². The summed E-state index contributed by atoms with van der Waals surface area (Å²) in [4.78, 5) is 0. The van der Waals surface area contributed by atoms with Gasteiger partial charge in [-0.05, 0) is 0 Å². The van der Waals surface area contributed by atoms with Gasteiger partial charge in [0.05, 0.1) is 38.4 Å². The Hall–Kier alpha value is 0.580. The van der Waals surface area contributed by atoms with Gasteiger partial charge in [0.15, 0.2) is 24.4 Å². The predicted molar refractivity (Wildman–Crippen MR) is 65.6 cm³/mol. The van der Waals surface area contributed by atoms with Crippen molar-refractivity contribution < 1.29 is 32.3 Å². The molecule has 0 aromatic carbocycles. The minimum absolute atomic E-state index is 0.0215. The lowest BCUT2D eigenvalue weighted by Gasteiger charge is -2.43. The van der Waals surface area contributed by atoms with Gasteiger partial charge < -0.3 is 32.3 Å². The van der Waals surface area contributed by atoms with Crippen molar-refractivity contribution in [2.45, 2.75) is 6.29 Å². The van der Waals surface area contributed by atoms with Gasteiger partial charge in [0, 0.05) is 7.11 Å². The minimum atomic E-state index is -0.419. The third-order valence-electron chi connectivity index (χ3n) is 2.65. The molecule has 0 saturated carbocycles. The largest absolute Gasteiger partial charge is 0.382 e. The first-order valence-corrected chi connectivity index (χ1v) is 7.20. The van der Waals surface area contributed by atoms with Crippen molar-refractivity contribution in [1.29, 1.82) is 0 Å². The van der Waals surface area contributed by atoms with E-state index in [1.807, 2.05) is 0 Å². The van der Waals surface area contributed by atoms with E-state index in [9.17, 15) is 0 Å². The first-order chi connectivity index (χ1) is 8.87. The summed E-state index contributed by atoms with van der Waals surface area (Å²) < 4.78 is 37.3. The molecule has 2 aliphatic heterocycles. The van der Waals surface area contributed by atoms with E-state index in [-0.39, 0.29) is 30.3 Å². The molecule has 9 heteroatoms. The maximum Gasteiger partial charge on any atom is 0.178 e. The molecule has 0 aromatic heterocycles. The van der Waals surface area contributed by atoms with E-state index in [1.165, 1.54) is 0 Å². The van der Waals surface area contributed by atoms with Crippen LogP contribution < -0.4 is 0 Å². The molecule has 0 N–H and O–H groups in total. The van der Waals surface area contributed by atoms with Crippen molar-refractivity contribution >= 4 is 18.1 Å². The fourth-order valence-corrected chi connectivity index (χ4v) is 3.21. The Kier molecular flexibility index (Phi) is 6.66. The molecule has 0 aromatic rings. The predicted octanol–water partition coefficient (Wildman–Crippen LogP) is 1.05. The number of hydrogen-bond donors (Lipinski definition) is 0. The smallest absolute Gasteiger partial charge is 0.178 e. The zero-order valence-electron chi connectivity index (χ0n) is 10.2. The van der Waals surface area contributed by atoms with Crippen LogP contribution in [0.5, 0.6) is 0 Å². The van der Waals surface area contributed by atoms with E-state index >= 15 is 0 Å². The first kappa shape index (κ1) is 15.0.